The van der Waals surface area contributed by atoms with Gasteiger partial charge < -0.3 is 4.90 Å². The van der Waals surface area contributed by atoms with Crippen LogP contribution in [0.25, 0.3) is 0 Å². The van der Waals surface area contributed by atoms with Crippen molar-refractivity contribution in [2.24, 2.45) is 0 Å². The second kappa shape index (κ2) is 4.07. The average molecular weight is 193 g/mol. The summed E-state index contributed by atoms with van der Waals surface area (Å²) in [6.07, 6.45) is 4.78. The van der Waals surface area contributed by atoms with Crippen molar-refractivity contribution in [2.75, 3.05) is 20.1 Å². The second-order valence-corrected chi connectivity index (χ2v) is 4.46. The highest BCUT2D eigenvalue weighted by atomic mass is 32.1. The fourth-order valence-corrected chi connectivity index (χ4v) is 2.30. The molecular formula is C11H15NS. The van der Waals surface area contributed by atoms with Crippen molar-refractivity contribution in [3.05, 3.63) is 34.0 Å². The Hall–Kier alpha value is -0.600. The largest absolute Gasteiger partial charge is 0.302 e. The molecule has 70 valence electrons. The highest BCUT2D eigenvalue weighted by molar-refractivity contribution is 7.07. The van der Waals surface area contributed by atoms with Crippen LogP contribution >= 0.6 is 11.3 Å². The lowest BCUT2D eigenvalue weighted by Gasteiger charge is -2.21. The van der Waals surface area contributed by atoms with Crippen LogP contribution in [0.3, 0.4) is 0 Å². The van der Waals surface area contributed by atoms with Gasteiger partial charge in [0.1, 0.15) is 0 Å². The Morgan fingerprint density at radius 1 is 1.54 bits per heavy atom. The summed E-state index contributed by atoms with van der Waals surface area (Å²) in [4.78, 5) is 2.36. The summed E-state index contributed by atoms with van der Waals surface area (Å²) in [6.45, 7) is 2.34. The minimum Gasteiger partial charge on any atom is -0.302 e. The maximum Gasteiger partial charge on any atom is 0.0163 e. The molecule has 1 nitrogen and oxygen atoms in total. The van der Waals surface area contributed by atoms with E-state index in [4.69, 9.17) is 0 Å². The Labute approximate surface area is 83.7 Å². The van der Waals surface area contributed by atoms with Crippen LogP contribution < -0.4 is 0 Å². The summed E-state index contributed by atoms with van der Waals surface area (Å²) in [5.41, 5.74) is 3.08. The molecule has 0 spiro atoms. The Bertz CT molecular complexity index is 287. The quantitative estimate of drug-likeness (QED) is 0.652. The van der Waals surface area contributed by atoms with Gasteiger partial charge in [-0.15, -0.1) is 0 Å². The first-order chi connectivity index (χ1) is 6.34. The van der Waals surface area contributed by atoms with E-state index < -0.39 is 0 Å². The normalized spacial score (nSPS) is 18.7. The van der Waals surface area contributed by atoms with Crippen LogP contribution in [0.5, 0.6) is 0 Å². The van der Waals surface area contributed by atoms with Gasteiger partial charge in [0.05, 0.1) is 0 Å². The molecule has 2 rings (SSSR count). The van der Waals surface area contributed by atoms with E-state index in [0.717, 1.165) is 13.0 Å². The molecule has 0 saturated heterocycles. The summed E-state index contributed by atoms with van der Waals surface area (Å²) in [5.74, 6) is 0. The molecule has 0 saturated carbocycles. The fourth-order valence-electron chi connectivity index (χ4n) is 1.63. The van der Waals surface area contributed by atoms with Crippen LogP contribution in [0.2, 0.25) is 0 Å². The van der Waals surface area contributed by atoms with E-state index in [1.807, 2.05) is 0 Å². The van der Waals surface area contributed by atoms with Gasteiger partial charge in [0.15, 0.2) is 0 Å². The molecule has 0 unspecified atom stereocenters. The SMILES string of the molecule is CN1CC=C(Cc2ccsc2)CC1. The van der Waals surface area contributed by atoms with Crippen LogP contribution in [0.4, 0.5) is 0 Å². The zero-order valence-electron chi connectivity index (χ0n) is 7.99. The molecule has 13 heavy (non-hydrogen) atoms. The molecule has 0 amide bonds. The first-order valence-electron chi connectivity index (χ1n) is 4.72. The Kier molecular flexibility index (Phi) is 2.81. The molecule has 0 bridgehead atoms. The standard InChI is InChI=1S/C11H15NS/c1-12-5-2-10(3-6-12)8-11-4-7-13-9-11/h2,4,7,9H,3,5-6,8H2,1H3. The van der Waals surface area contributed by atoms with Gasteiger partial charge in [-0.1, -0.05) is 11.6 Å². The molecular weight excluding hydrogens is 178 g/mol. The smallest absolute Gasteiger partial charge is 0.0163 e. The maximum absolute atomic E-state index is 2.38. The lowest BCUT2D eigenvalue weighted by atomic mass is 10.0. The summed E-state index contributed by atoms with van der Waals surface area (Å²) >= 11 is 1.79. The average Bonchev–Trinajstić information content (AvgIpc) is 2.62. The summed E-state index contributed by atoms with van der Waals surface area (Å²) in [5, 5.41) is 4.41. The van der Waals surface area contributed by atoms with E-state index in [9.17, 15) is 0 Å². The number of nitrogens with zero attached hydrogens (tertiary/aromatic N) is 1. The first-order valence-corrected chi connectivity index (χ1v) is 5.66. The molecule has 0 N–H and O–H groups in total. The Morgan fingerprint density at radius 3 is 3.08 bits per heavy atom. The van der Waals surface area contributed by atoms with Crippen molar-refractivity contribution >= 4 is 11.3 Å². The number of hydrogen-bond donors (Lipinski definition) is 0. The summed E-state index contributed by atoms with van der Waals surface area (Å²) in [7, 11) is 2.18. The van der Waals surface area contributed by atoms with Gasteiger partial charge in [-0.25, -0.2) is 0 Å². The molecule has 1 aliphatic rings. The van der Waals surface area contributed by atoms with E-state index in [1.54, 1.807) is 16.9 Å². The number of rotatable bonds is 2. The molecule has 2 heterocycles. The highest BCUT2D eigenvalue weighted by Gasteiger charge is 2.07. The molecule has 1 aromatic rings. The highest BCUT2D eigenvalue weighted by Crippen LogP contribution is 2.17. The second-order valence-electron chi connectivity index (χ2n) is 3.68. The van der Waals surface area contributed by atoms with Gasteiger partial charge in [-0.2, -0.15) is 11.3 Å². The third-order valence-corrected chi connectivity index (χ3v) is 3.25. The first kappa shape index (κ1) is 8.97. The molecule has 1 aliphatic heterocycles. The van der Waals surface area contributed by atoms with Crippen LogP contribution in [0.1, 0.15) is 12.0 Å². The topological polar surface area (TPSA) is 3.24 Å². The fraction of sp³-hybridized carbons (Fsp3) is 0.455. The van der Waals surface area contributed by atoms with Crippen LogP contribution in [-0.2, 0) is 6.42 Å². The van der Waals surface area contributed by atoms with E-state index >= 15 is 0 Å². The predicted molar refractivity (Wildman–Crippen MR) is 58.2 cm³/mol. The van der Waals surface area contributed by atoms with Crippen LogP contribution in [0.15, 0.2) is 28.5 Å². The zero-order valence-corrected chi connectivity index (χ0v) is 8.81. The molecule has 1 aromatic heterocycles. The third kappa shape index (κ3) is 2.42. The molecule has 2 heteroatoms. The van der Waals surface area contributed by atoms with Gasteiger partial charge >= 0.3 is 0 Å². The van der Waals surface area contributed by atoms with Gasteiger partial charge in [0.2, 0.25) is 0 Å². The van der Waals surface area contributed by atoms with Crippen molar-refractivity contribution in [3.8, 4) is 0 Å². The number of thiophene rings is 1. The van der Waals surface area contributed by atoms with Crippen molar-refractivity contribution in [1.29, 1.82) is 0 Å². The van der Waals surface area contributed by atoms with Crippen molar-refractivity contribution < 1.29 is 0 Å². The third-order valence-electron chi connectivity index (χ3n) is 2.52. The summed E-state index contributed by atoms with van der Waals surface area (Å²) in [6, 6.07) is 2.23. The van der Waals surface area contributed by atoms with E-state index in [0.29, 0.717) is 0 Å². The minimum atomic E-state index is 1.12. The molecule has 0 aliphatic carbocycles. The number of likely N-dealkylation sites (N-methyl/N-ethyl adjacent to an activating group) is 1. The monoisotopic (exact) mass is 193 g/mol. The van der Waals surface area contributed by atoms with E-state index in [-0.39, 0.29) is 0 Å². The lowest BCUT2D eigenvalue weighted by molar-refractivity contribution is 0.357. The lowest BCUT2D eigenvalue weighted by Crippen LogP contribution is -2.24. The van der Waals surface area contributed by atoms with Gasteiger partial charge in [0.25, 0.3) is 0 Å². The van der Waals surface area contributed by atoms with Crippen molar-refractivity contribution in [2.45, 2.75) is 12.8 Å². The van der Waals surface area contributed by atoms with Gasteiger partial charge in [-0.3, -0.25) is 0 Å². The Morgan fingerprint density at radius 2 is 2.46 bits per heavy atom. The molecule has 0 fully saturated rings. The van der Waals surface area contributed by atoms with Crippen LogP contribution in [-0.4, -0.2) is 25.0 Å². The molecule has 0 aromatic carbocycles. The van der Waals surface area contributed by atoms with E-state index in [2.05, 4.69) is 34.9 Å². The van der Waals surface area contributed by atoms with Crippen molar-refractivity contribution in [1.82, 2.24) is 4.90 Å². The van der Waals surface area contributed by atoms with Crippen molar-refractivity contribution in [3.63, 3.8) is 0 Å². The zero-order chi connectivity index (χ0) is 9.10. The summed E-state index contributed by atoms with van der Waals surface area (Å²) < 4.78 is 0. The van der Waals surface area contributed by atoms with Gasteiger partial charge in [-0.05, 0) is 42.3 Å². The molecule has 0 atom stereocenters. The van der Waals surface area contributed by atoms with Crippen LogP contribution in [0, 0.1) is 0 Å². The van der Waals surface area contributed by atoms with Gasteiger partial charge in [0, 0.05) is 13.1 Å². The molecule has 0 radical (unpaired) electrons. The predicted octanol–water partition coefficient (Wildman–Crippen LogP) is 2.55. The maximum atomic E-state index is 2.38. The number of hydrogen-bond acceptors (Lipinski definition) is 2. The Balaban J connectivity index is 1.96. The minimum absolute atomic E-state index is 1.12. The van der Waals surface area contributed by atoms with E-state index in [1.165, 1.54) is 18.5 Å².